The van der Waals surface area contributed by atoms with Gasteiger partial charge in [0.2, 0.25) is 17.6 Å². The van der Waals surface area contributed by atoms with E-state index < -0.39 is 0 Å². The van der Waals surface area contributed by atoms with Crippen LogP contribution in [0.2, 0.25) is 0 Å². The largest absolute Gasteiger partial charge is 0.497 e. The molecule has 0 unspecified atom stereocenters. The van der Waals surface area contributed by atoms with Gasteiger partial charge in [0.15, 0.2) is 5.13 Å². The Morgan fingerprint density at radius 2 is 1.81 bits per heavy atom. The zero-order valence-electron chi connectivity index (χ0n) is 17.3. The summed E-state index contributed by atoms with van der Waals surface area (Å²) in [4.78, 5) is 21.2. The molecule has 0 aliphatic carbocycles. The Kier molecular flexibility index (Phi) is 6.37. The average molecular weight is 435 g/mol. The van der Waals surface area contributed by atoms with Gasteiger partial charge in [-0.3, -0.25) is 4.79 Å². The summed E-state index contributed by atoms with van der Waals surface area (Å²) < 4.78 is 10.5. The Bertz CT molecular complexity index is 1150. The highest BCUT2D eigenvalue weighted by Crippen LogP contribution is 2.25. The molecular weight excluding hydrogens is 412 g/mol. The summed E-state index contributed by atoms with van der Waals surface area (Å²) in [5.41, 5.74) is 3.94. The van der Waals surface area contributed by atoms with Gasteiger partial charge in [-0.25, -0.2) is 4.98 Å². The zero-order valence-corrected chi connectivity index (χ0v) is 18.1. The van der Waals surface area contributed by atoms with Crippen molar-refractivity contribution in [2.75, 3.05) is 12.4 Å². The van der Waals surface area contributed by atoms with E-state index in [2.05, 4.69) is 20.4 Å². The Labute approximate surface area is 184 Å². The number of nitrogens with one attached hydrogen (secondary N) is 1. The van der Waals surface area contributed by atoms with Gasteiger partial charge in [0.05, 0.1) is 12.8 Å². The van der Waals surface area contributed by atoms with Crippen LogP contribution in [0.15, 0.2) is 58.4 Å². The van der Waals surface area contributed by atoms with Gasteiger partial charge in [0.25, 0.3) is 0 Å². The van der Waals surface area contributed by atoms with E-state index in [9.17, 15) is 4.79 Å². The Morgan fingerprint density at radius 1 is 1.06 bits per heavy atom. The number of rotatable bonds is 8. The van der Waals surface area contributed by atoms with Crippen molar-refractivity contribution in [2.45, 2.75) is 26.2 Å². The SMILES string of the molecule is COc1ccc(-c2noc(CCCC(=O)Nc3nc(-c4ccc(C)cc4)cs3)n2)cc1. The summed E-state index contributed by atoms with van der Waals surface area (Å²) in [6.07, 6.45) is 1.48. The molecule has 8 heteroatoms. The first-order valence-corrected chi connectivity index (χ1v) is 10.8. The van der Waals surface area contributed by atoms with Crippen LogP contribution in [0.4, 0.5) is 5.13 Å². The summed E-state index contributed by atoms with van der Waals surface area (Å²) in [5.74, 6) is 1.72. The highest BCUT2D eigenvalue weighted by molar-refractivity contribution is 7.14. The third-order valence-corrected chi connectivity index (χ3v) is 5.47. The molecule has 0 bridgehead atoms. The molecule has 1 N–H and O–H groups in total. The van der Waals surface area contributed by atoms with E-state index in [1.54, 1.807) is 7.11 Å². The van der Waals surface area contributed by atoms with Gasteiger partial charge in [-0.2, -0.15) is 4.98 Å². The van der Waals surface area contributed by atoms with Crippen LogP contribution in [0.1, 0.15) is 24.3 Å². The number of thiazole rings is 1. The predicted molar refractivity (Wildman–Crippen MR) is 120 cm³/mol. The minimum absolute atomic E-state index is 0.0836. The molecule has 0 spiro atoms. The average Bonchev–Trinajstić information content (AvgIpc) is 3.44. The maximum Gasteiger partial charge on any atom is 0.226 e. The molecule has 0 atom stereocenters. The lowest BCUT2D eigenvalue weighted by atomic mass is 10.1. The second-order valence-corrected chi connectivity index (χ2v) is 7.90. The van der Waals surface area contributed by atoms with Crippen molar-refractivity contribution in [1.82, 2.24) is 15.1 Å². The topological polar surface area (TPSA) is 90.1 Å². The fraction of sp³-hybridized carbons (Fsp3) is 0.217. The smallest absolute Gasteiger partial charge is 0.226 e. The summed E-state index contributed by atoms with van der Waals surface area (Å²) >= 11 is 1.42. The number of aryl methyl sites for hydroxylation is 2. The number of amides is 1. The van der Waals surface area contributed by atoms with Gasteiger partial charge < -0.3 is 14.6 Å². The number of aromatic nitrogens is 3. The number of nitrogens with zero attached hydrogens (tertiary/aromatic N) is 3. The van der Waals surface area contributed by atoms with Crippen LogP contribution < -0.4 is 10.1 Å². The third-order valence-electron chi connectivity index (χ3n) is 4.71. The number of carbonyl (C=O) groups is 1. The van der Waals surface area contributed by atoms with Crippen LogP contribution >= 0.6 is 11.3 Å². The molecule has 1 amide bonds. The van der Waals surface area contributed by atoms with Crippen molar-refractivity contribution in [3.05, 3.63) is 65.4 Å². The third kappa shape index (κ3) is 5.35. The molecule has 4 aromatic rings. The summed E-state index contributed by atoms with van der Waals surface area (Å²) in [7, 11) is 1.62. The van der Waals surface area contributed by atoms with Gasteiger partial charge in [0.1, 0.15) is 5.75 Å². The molecule has 0 saturated heterocycles. The summed E-state index contributed by atoms with van der Waals surface area (Å²) in [5, 5.41) is 9.41. The molecular formula is C23H22N4O3S. The second-order valence-electron chi connectivity index (χ2n) is 7.05. The van der Waals surface area contributed by atoms with Gasteiger partial charge >= 0.3 is 0 Å². The van der Waals surface area contributed by atoms with E-state index in [0.29, 0.717) is 36.1 Å². The van der Waals surface area contributed by atoms with Crippen molar-refractivity contribution in [1.29, 1.82) is 0 Å². The summed E-state index contributed by atoms with van der Waals surface area (Å²) in [6.45, 7) is 2.05. The monoisotopic (exact) mass is 434 g/mol. The molecule has 0 aliphatic rings. The maximum atomic E-state index is 12.3. The number of carbonyl (C=O) groups excluding carboxylic acids is 1. The molecule has 2 aromatic heterocycles. The van der Waals surface area contributed by atoms with Crippen molar-refractivity contribution >= 4 is 22.4 Å². The quantitative estimate of drug-likeness (QED) is 0.413. The van der Waals surface area contributed by atoms with Crippen LogP contribution in [0.25, 0.3) is 22.6 Å². The van der Waals surface area contributed by atoms with E-state index in [1.807, 2.05) is 60.8 Å². The van der Waals surface area contributed by atoms with Crippen molar-refractivity contribution in [3.63, 3.8) is 0 Å². The van der Waals surface area contributed by atoms with Crippen LogP contribution in [0, 0.1) is 6.92 Å². The van der Waals surface area contributed by atoms with Crippen LogP contribution in [-0.2, 0) is 11.2 Å². The standard InChI is InChI=1S/C23H22N4O3S/c1-15-6-8-16(9-7-15)19-14-31-23(24-19)25-20(28)4-3-5-21-26-22(27-30-21)17-10-12-18(29-2)13-11-17/h6-14H,3-5H2,1-2H3,(H,24,25,28). The minimum atomic E-state index is -0.0836. The van der Waals surface area contributed by atoms with E-state index in [4.69, 9.17) is 9.26 Å². The van der Waals surface area contributed by atoms with Crippen LogP contribution in [0.3, 0.4) is 0 Å². The zero-order chi connectivity index (χ0) is 21.6. The molecule has 31 heavy (non-hydrogen) atoms. The van der Waals surface area contributed by atoms with Crippen LogP contribution in [-0.4, -0.2) is 28.1 Å². The van der Waals surface area contributed by atoms with E-state index in [1.165, 1.54) is 16.9 Å². The van der Waals surface area contributed by atoms with Gasteiger partial charge in [-0.1, -0.05) is 35.0 Å². The van der Waals surface area contributed by atoms with E-state index >= 15 is 0 Å². The predicted octanol–water partition coefficient (Wildman–Crippen LogP) is 5.14. The Morgan fingerprint density at radius 3 is 2.55 bits per heavy atom. The number of hydrogen-bond acceptors (Lipinski definition) is 7. The lowest BCUT2D eigenvalue weighted by Gasteiger charge is -2.01. The Hall–Kier alpha value is -3.52. The molecule has 0 aliphatic heterocycles. The number of hydrogen-bond donors (Lipinski definition) is 1. The van der Waals surface area contributed by atoms with Gasteiger partial charge in [-0.05, 0) is 37.6 Å². The van der Waals surface area contributed by atoms with Gasteiger partial charge in [-0.15, -0.1) is 11.3 Å². The van der Waals surface area contributed by atoms with Crippen molar-refractivity contribution in [3.8, 4) is 28.4 Å². The normalized spacial score (nSPS) is 10.8. The highest BCUT2D eigenvalue weighted by Gasteiger charge is 2.11. The highest BCUT2D eigenvalue weighted by atomic mass is 32.1. The number of ether oxygens (including phenoxy) is 1. The Balaban J connectivity index is 1.26. The van der Waals surface area contributed by atoms with E-state index in [0.717, 1.165) is 22.6 Å². The molecule has 0 radical (unpaired) electrons. The van der Waals surface area contributed by atoms with Gasteiger partial charge in [0, 0.05) is 29.3 Å². The van der Waals surface area contributed by atoms with E-state index in [-0.39, 0.29) is 5.91 Å². The fourth-order valence-electron chi connectivity index (χ4n) is 2.98. The number of anilines is 1. The minimum Gasteiger partial charge on any atom is -0.497 e. The molecule has 0 saturated carbocycles. The molecule has 4 rings (SSSR count). The molecule has 7 nitrogen and oxygen atoms in total. The molecule has 2 aromatic carbocycles. The first-order chi connectivity index (χ1) is 15.1. The first-order valence-electron chi connectivity index (χ1n) is 9.90. The second kappa shape index (κ2) is 9.53. The molecule has 158 valence electrons. The first kappa shape index (κ1) is 20.7. The number of benzene rings is 2. The van der Waals surface area contributed by atoms with Crippen molar-refractivity contribution < 1.29 is 14.1 Å². The van der Waals surface area contributed by atoms with Crippen LogP contribution in [0.5, 0.6) is 5.75 Å². The van der Waals surface area contributed by atoms with Crippen molar-refractivity contribution in [2.24, 2.45) is 0 Å². The fourth-order valence-corrected chi connectivity index (χ4v) is 3.72. The summed E-state index contributed by atoms with van der Waals surface area (Å²) in [6, 6.07) is 15.6. The maximum absolute atomic E-state index is 12.3. The lowest BCUT2D eigenvalue weighted by molar-refractivity contribution is -0.116. The molecule has 2 heterocycles. The lowest BCUT2D eigenvalue weighted by Crippen LogP contribution is -2.11. The molecule has 0 fully saturated rings. The number of methoxy groups -OCH3 is 1.